The molecule has 2 nitrogen and oxygen atoms in total. The molecule has 4 heteroatoms. The van der Waals surface area contributed by atoms with Crippen LogP contribution in [0.5, 0.6) is 5.75 Å². The molecule has 0 saturated heterocycles. The van der Waals surface area contributed by atoms with E-state index in [1.165, 1.54) is 6.07 Å². The first-order valence-electron chi connectivity index (χ1n) is 4.35. The van der Waals surface area contributed by atoms with E-state index in [-0.39, 0.29) is 5.82 Å². The quantitative estimate of drug-likeness (QED) is 0.899. The Kier molecular flexibility index (Phi) is 4.35. The molecule has 0 fully saturated rings. The fourth-order valence-corrected chi connectivity index (χ4v) is 1.54. The predicted molar refractivity (Wildman–Crippen MR) is 58.3 cm³/mol. The summed E-state index contributed by atoms with van der Waals surface area (Å²) in [6, 6.07) is 3.15. The molecule has 0 aliphatic heterocycles. The molecule has 0 aliphatic carbocycles. The number of hydrogen-bond donors (Lipinski definition) is 1. The maximum atomic E-state index is 13.2. The van der Waals surface area contributed by atoms with E-state index >= 15 is 0 Å². The summed E-state index contributed by atoms with van der Waals surface area (Å²) >= 11 is 3.12. The van der Waals surface area contributed by atoms with Gasteiger partial charge in [-0.15, -0.1) is 0 Å². The number of hydrogen-bond acceptors (Lipinski definition) is 2. The van der Waals surface area contributed by atoms with Gasteiger partial charge in [0.1, 0.15) is 11.6 Å². The third-order valence-electron chi connectivity index (χ3n) is 1.97. The second kappa shape index (κ2) is 5.32. The average molecular weight is 262 g/mol. The third-order valence-corrected chi connectivity index (χ3v) is 2.58. The van der Waals surface area contributed by atoms with Gasteiger partial charge in [0.15, 0.2) is 0 Å². The predicted octanol–water partition coefficient (Wildman–Crippen LogP) is 2.36. The summed E-state index contributed by atoms with van der Waals surface area (Å²) in [5.74, 6) is 0.463. The molecule has 0 bridgehead atoms. The Balaban J connectivity index is 2.95. The van der Waals surface area contributed by atoms with Crippen LogP contribution in [0.3, 0.4) is 0 Å². The summed E-state index contributed by atoms with van der Waals surface area (Å²) in [5, 5.41) is 3.01. The summed E-state index contributed by atoms with van der Waals surface area (Å²) in [6.45, 7) is 0.803. The van der Waals surface area contributed by atoms with Gasteiger partial charge in [-0.2, -0.15) is 0 Å². The number of benzene rings is 1. The number of halogens is 2. The van der Waals surface area contributed by atoms with Crippen molar-refractivity contribution < 1.29 is 9.13 Å². The van der Waals surface area contributed by atoms with E-state index in [4.69, 9.17) is 4.74 Å². The molecule has 0 unspecified atom stereocenters. The van der Waals surface area contributed by atoms with Crippen LogP contribution in [-0.2, 0) is 6.42 Å². The van der Waals surface area contributed by atoms with Crippen LogP contribution in [0.1, 0.15) is 5.56 Å². The van der Waals surface area contributed by atoms with Gasteiger partial charge in [0.05, 0.1) is 11.6 Å². The van der Waals surface area contributed by atoms with Crippen molar-refractivity contribution in [2.45, 2.75) is 6.42 Å². The third kappa shape index (κ3) is 2.69. The smallest absolute Gasteiger partial charge is 0.137 e. The van der Waals surface area contributed by atoms with Crippen molar-refractivity contribution in [1.82, 2.24) is 5.32 Å². The van der Waals surface area contributed by atoms with E-state index in [0.717, 1.165) is 18.5 Å². The lowest BCUT2D eigenvalue weighted by Gasteiger charge is -2.09. The Labute approximate surface area is 91.6 Å². The van der Waals surface area contributed by atoms with Crippen molar-refractivity contribution in [3.63, 3.8) is 0 Å². The highest BCUT2D eigenvalue weighted by Gasteiger charge is 2.07. The van der Waals surface area contributed by atoms with Crippen LogP contribution in [0.4, 0.5) is 4.39 Å². The maximum absolute atomic E-state index is 13.2. The molecule has 1 aromatic rings. The van der Waals surface area contributed by atoms with Gasteiger partial charge < -0.3 is 10.1 Å². The summed E-state index contributed by atoms with van der Waals surface area (Å²) < 4.78 is 18.8. The van der Waals surface area contributed by atoms with Crippen LogP contribution in [0, 0.1) is 5.82 Å². The molecule has 0 atom stereocenters. The van der Waals surface area contributed by atoms with Gasteiger partial charge in [-0.3, -0.25) is 0 Å². The first-order valence-corrected chi connectivity index (χ1v) is 5.15. The van der Waals surface area contributed by atoms with Crippen molar-refractivity contribution in [2.75, 3.05) is 20.7 Å². The number of ether oxygens (including phenoxy) is 1. The van der Waals surface area contributed by atoms with Gasteiger partial charge in [0, 0.05) is 0 Å². The van der Waals surface area contributed by atoms with Crippen molar-refractivity contribution in [1.29, 1.82) is 0 Å². The summed E-state index contributed by atoms with van der Waals surface area (Å²) in [4.78, 5) is 0. The molecular weight excluding hydrogens is 249 g/mol. The Bertz CT molecular complexity index is 317. The van der Waals surface area contributed by atoms with Crippen molar-refractivity contribution in [2.24, 2.45) is 0 Å². The fourth-order valence-electron chi connectivity index (χ4n) is 1.21. The molecule has 1 rings (SSSR count). The zero-order chi connectivity index (χ0) is 10.6. The summed E-state index contributed by atoms with van der Waals surface area (Å²) in [7, 11) is 3.45. The molecule has 0 aliphatic rings. The molecule has 14 heavy (non-hydrogen) atoms. The largest absolute Gasteiger partial charge is 0.496 e. The standard InChI is InChI=1S/C10H13BrFNO/c1-13-4-3-7-5-9(12)8(11)6-10(7)14-2/h5-6,13H,3-4H2,1-2H3. The van der Waals surface area contributed by atoms with Gasteiger partial charge in [-0.1, -0.05) is 0 Å². The molecule has 1 N–H and O–H groups in total. The summed E-state index contributed by atoms with van der Waals surface area (Å²) in [6.07, 6.45) is 0.754. The Morgan fingerprint density at radius 1 is 1.50 bits per heavy atom. The Hall–Kier alpha value is -0.610. The highest BCUT2D eigenvalue weighted by atomic mass is 79.9. The van der Waals surface area contributed by atoms with Gasteiger partial charge in [0.2, 0.25) is 0 Å². The van der Waals surface area contributed by atoms with Gasteiger partial charge in [-0.25, -0.2) is 4.39 Å². The molecule has 0 aromatic heterocycles. The van der Waals surface area contributed by atoms with Gasteiger partial charge in [-0.05, 0) is 53.6 Å². The SMILES string of the molecule is CNCCc1cc(F)c(Br)cc1OC. The van der Waals surface area contributed by atoms with E-state index in [1.54, 1.807) is 13.2 Å². The molecule has 78 valence electrons. The van der Waals surface area contributed by atoms with Crippen molar-refractivity contribution >= 4 is 15.9 Å². The first kappa shape index (κ1) is 11.5. The van der Waals surface area contributed by atoms with Crippen molar-refractivity contribution in [3.05, 3.63) is 28.0 Å². The van der Waals surface area contributed by atoms with E-state index in [0.29, 0.717) is 10.2 Å². The maximum Gasteiger partial charge on any atom is 0.137 e. The number of methoxy groups -OCH3 is 1. The second-order valence-electron chi connectivity index (χ2n) is 2.93. The highest BCUT2D eigenvalue weighted by Crippen LogP contribution is 2.26. The minimum absolute atomic E-state index is 0.253. The molecule has 1 aromatic carbocycles. The van der Waals surface area contributed by atoms with Crippen LogP contribution in [-0.4, -0.2) is 20.7 Å². The average Bonchev–Trinajstić information content (AvgIpc) is 2.19. The fraction of sp³-hybridized carbons (Fsp3) is 0.400. The van der Waals surface area contributed by atoms with Crippen LogP contribution in [0.25, 0.3) is 0 Å². The highest BCUT2D eigenvalue weighted by molar-refractivity contribution is 9.10. The Morgan fingerprint density at radius 2 is 2.21 bits per heavy atom. The second-order valence-corrected chi connectivity index (χ2v) is 3.79. The summed E-state index contributed by atoms with van der Waals surface area (Å²) in [5.41, 5.74) is 0.877. The number of nitrogens with one attached hydrogen (secondary N) is 1. The molecule has 0 amide bonds. The van der Waals surface area contributed by atoms with Crippen molar-refractivity contribution in [3.8, 4) is 5.75 Å². The number of rotatable bonds is 4. The first-order chi connectivity index (χ1) is 6.69. The zero-order valence-corrected chi connectivity index (χ0v) is 9.82. The van der Waals surface area contributed by atoms with Crippen LogP contribution >= 0.6 is 15.9 Å². The lowest BCUT2D eigenvalue weighted by Crippen LogP contribution is -2.11. The molecule has 0 spiro atoms. The lowest BCUT2D eigenvalue weighted by molar-refractivity contribution is 0.407. The monoisotopic (exact) mass is 261 g/mol. The van der Waals surface area contributed by atoms with Crippen LogP contribution in [0.2, 0.25) is 0 Å². The molecular formula is C10H13BrFNO. The van der Waals surface area contributed by atoms with E-state index in [2.05, 4.69) is 21.2 Å². The van der Waals surface area contributed by atoms with E-state index in [1.807, 2.05) is 7.05 Å². The minimum atomic E-state index is -0.253. The normalized spacial score (nSPS) is 10.3. The topological polar surface area (TPSA) is 21.3 Å². The Morgan fingerprint density at radius 3 is 2.79 bits per heavy atom. The molecule has 0 heterocycles. The molecule has 0 radical (unpaired) electrons. The van der Waals surface area contributed by atoms with Gasteiger partial charge >= 0.3 is 0 Å². The lowest BCUT2D eigenvalue weighted by atomic mass is 10.1. The van der Waals surface area contributed by atoms with Gasteiger partial charge in [0.25, 0.3) is 0 Å². The van der Waals surface area contributed by atoms with E-state index < -0.39 is 0 Å². The van der Waals surface area contributed by atoms with Crippen LogP contribution < -0.4 is 10.1 Å². The number of likely N-dealkylation sites (N-methyl/N-ethyl adjacent to an activating group) is 1. The zero-order valence-electron chi connectivity index (χ0n) is 8.23. The van der Waals surface area contributed by atoms with Crippen LogP contribution in [0.15, 0.2) is 16.6 Å². The van der Waals surface area contributed by atoms with E-state index in [9.17, 15) is 4.39 Å². The molecule has 0 saturated carbocycles. The minimum Gasteiger partial charge on any atom is -0.496 e.